The third kappa shape index (κ3) is 3.95. The van der Waals surface area contributed by atoms with Crippen LogP contribution in [0.25, 0.3) is 0 Å². The fourth-order valence-corrected chi connectivity index (χ4v) is 1.60. The molecule has 0 aliphatic carbocycles. The van der Waals surface area contributed by atoms with Crippen molar-refractivity contribution in [3.8, 4) is 0 Å². The Hall–Kier alpha value is -0.280. The zero-order chi connectivity index (χ0) is 12.1. The standard InChI is InChI=1S/C12H17Cl2NO/c1-3-8(2)15-7-12(16)9-4-5-10(13)11(14)6-9/h4-6,8,12,15-16H,3,7H2,1-2H3/t8-,12-/m1/s1. The predicted octanol–water partition coefficient (Wildman–Crippen LogP) is 3.41. The van der Waals surface area contributed by atoms with E-state index in [1.165, 1.54) is 0 Å². The molecule has 16 heavy (non-hydrogen) atoms. The molecule has 0 fully saturated rings. The lowest BCUT2D eigenvalue weighted by Crippen LogP contribution is -2.29. The smallest absolute Gasteiger partial charge is 0.0915 e. The van der Waals surface area contributed by atoms with Crippen molar-refractivity contribution in [1.29, 1.82) is 0 Å². The first-order valence-electron chi connectivity index (χ1n) is 5.41. The molecule has 0 heterocycles. The summed E-state index contributed by atoms with van der Waals surface area (Å²) in [6, 6.07) is 5.59. The molecule has 2 atom stereocenters. The lowest BCUT2D eigenvalue weighted by molar-refractivity contribution is 0.170. The number of nitrogens with one attached hydrogen (secondary N) is 1. The Morgan fingerprint density at radius 1 is 1.31 bits per heavy atom. The quantitative estimate of drug-likeness (QED) is 0.852. The number of hydrogen-bond acceptors (Lipinski definition) is 2. The van der Waals surface area contributed by atoms with Gasteiger partial charge in [0.15, 0.2) is 0 Å². The van der Waals surface area contributed by atoms with Crippen LogP contribution in [0.1, 0.15) is 31.9 Å². The van der Waals surface area contributed by atoms with Gasteiger partial charge in [0.05, 0.1) is 16.1 Å². The van der Waals surface area contributed by atoms with Crippen LogP contribution in [-0.4, -0.2) is 17.7 Å². The second kappa shape index (κ2) is 6.45. The number of aliphatic hydroxyl groups excluding tert-OH is 1. The van der Waals surface area contributed by atoms with Crippen molar-refractivity contribution in [2.24, 2.45) is 0 Å². The van der Waals surface area contributed by atoms with Gasteiger partial charge in [0.2, 0.25) is 0 Å². The number of hydrogen-bond donors (Lipinski definition) is 2. The maximum atomic E-state index is 9.92. The second-order valence-corrected chi connectivity index (χ2v) is 4.72. The average molecular weight is 262 g/mol. The van der Waals surface area contributed by atoms with Crippen LogP contribution in [0, 0.1) is 0 Å². The fourth-order valence-electron chi connectivity index (χ4n) is 1.29. The maximum Gasteiger partial charge on any atom is 0.0915 e. The zero-order valence-corrected chi connectivity index (χ0v) is 11.0. The van der Waals surface area contributed by atoms with E-state index in [9.17, 15) is 5.11 Å². The summed E-state index contributed by atoms with van der Waals surface area (Å²) >= 11 is 11.7. The predicted molar refractivity (Wildman–Crippen MR) is 69.2 cm³/mol. The van der Waals surface area contributed by atoms with Gasteiger partial charge in [-0.3, -0.25) is 0 Å². The van der Waals surface area contributed by atoms with E-state index in [1.807, 2.05) is 0 Å². The minimum atomic E-state index is -0.552. The van der Waals surface area contributed by atoms with E-state index in [0.29, 0.717) is 22.6 Å². The van der Waals surface area contributed by atoms with Crippen LogP contribution in [0.2, 0.25) is 10.0 Å². The zero-order valence-electron chi connectivity index (χ0n) is 9.50. The molecule has 0 aliphatic heterocycles. The van der Waals surface area contributed by atoms with Crippen LogP contribution in [0.4, 0.5) is 0 Å². The summed E-state index contributed by atoms with van der Waals surface area (Å²) in [4.78, 5) is 0. The highest BCUT2D eigenvalue weighted by Gasteiger charge is 2.10. The third-order valence-corrected chi connectivity index (χ3v) is 3.34. The van der Waals surface area contributed by atoms with Crippen molar-refractivity contribution >= 4 is 23.2 Å². The highest BCUT2D eigenvalue weighted by molar-refractivity contribution is 6.42. The van der Waals surface area contributed by atoms with E-state index < -0.39 is 6.10 Å². The van der Waals surface area contributed by atoms with Crippen molar-refractivity contribution in [1.82, 2.24) is 5.32 Å². The molecule has 0 aromatic heterocycles. The van der Waals surface area contributed by atoms with Gasteiger partial charge < -0.3 is 10.4 Å². The van der Waals surface area contributed by atoms with Gasteiger partial charge in [0.25, 0.3) is 0 Å². The van der Waals surface area contributed by atoms with E-state index in [2.05, 4.69) is 19.2 Å². The van der Waals surface area contributed by atoms with Crippen LogP contribution in [0.15, 0.2) is 18.2 Å². The van der Waals surface area contributed by atoms with E-state index in [0.717, 1.165) is 12.0 Å². The summed E-state index contributed by atoms with van der Waals surface area (Å²) < 4.78 is 0. The molecule has 1 aromatic carbocycles. The van der Waals surface area contributed by atoms with Crippen LogP contribution >= 0.6 is 23.2 Å². The monoisotopic (exact) mass is 261 g/mol. The average Bonchev–Trinajstić information content (AvgIpc) is 2.29. The van der Waals surface area contributed by atoms with E-state index in [1.54, 1.807) is 18.2 Å². The summed E-state index contributed by atoms with van der Waals surface area (Å²) in [5, 5.41) is 14.1. The van der Waals surface area contributed by atoms with Crippen LogP contribution in [-0.2, 0) is 0 Å². The number of aliphatic hydroxyl groups is 1. The van der Waals surface area contributed by atoms with Crippen LogP contribution in [0.5, 0.6) is 0 Å². The Bertz CT molecular complexity index is 344. The molecule has 2 N–H and O–H groups in total. The van der Waals surface area contributed by atoms with Gasteiger partial charge in [0.1, 0.15) is 0 Å². The Morgan fingerprint density at radius 2 is 2.00 bits per heavy atom. The van der Waals surface area contributed by atoms with Crippen molar-refractivity contribution in [2.75, 3.05) is 6.54 Å². The van der Waals surface area contributed by atoms with E-state index in [-0.39, 0.29) is 0 Å². The lowest BCUT2D eigenvalue weighted by atomic mass is 10.1. The van der Waals surface area contributed by atoms with Crippen molar-refractivity contribution < 1.29 is 5.11 Å². The molecular weight excluding hydrogens is 245 g/mol. The molecule has 2 nitrogen and oxygen atoms in total. The topological polar surface area (TPSA) is 32.3 Å². The highest BCUT2D eigenvalue weighted by atomic mass is 35.5. The Morgan fingerprint density at radius 3 is 2.56 bits per heavy atom. The number of benzene rings is 1. The Balaban J connectivity index is 2.59. The molecule has 0 saturated carbocycles. The van der Waals surface area contributed by atoms with Crippen LogP contribution < -0.4 is 5.32 Å². The summed E-state index contributed by atoms with van der Waals surface area (Å²) in [5.74, 6) is 0. The molecule has 0 saturated heterocycles. The molecular formula is C12H17Cl2NO. The SMILES string of the molecule is CC[C@@H](C)NC[C@@H](O)c1ccc(Cl)c(Cl)c1. The largest absolute Gasteiger partial charge is 0.387 e. The first-order chi connectivity index (χ1) is 7.54. The number of rotatable bonds is 5. The first-order valence-corrected chi connectivity index (χ1v) is 6.16. The van der Waals surface area contributed by atoms with Crippen LogP contribution in [0.3, 0.4) is 0 Å². The highest BCUT2D eigenvalue weighted by Crippen LogP contribution is 2.25. The minimum absolute atomic E-state index is 0.400. The van der Waals surface area contributed by atoms with Gasteiger partial charge in [-0.2, -0.15) is 0 Å². The summed E-state index contributed by atoms with van der Waals surface area (Å²) in [7, 11) is 0. The summed E-state index contributed by atoms with van der Waals surface area (Å²) in [6.07, 6.45) is 0.484. The molecule has 1 rings (SSSR count). The molecule has 0 amide bonds. The van der Waals surface area contributed by atoms with Gasteiger partial charge in [0, 0.05) is 12.6 Å². The molecule has 0 unspecified atom stereocenters. The number of halogens is 2. The van der Waals surface area contributed by atoms with Crippen molar-refractivity contribution in [3.05, 3.63) is 33.8 Å². The summed E-state index contributed by atoms with van der Waals surface area (Å²) in [5.41, 5.74) is 0.783. The maximum absolute atomic E-state index is 9.92. The van der Waals surface area contributed by atoms with Gasteiger partial charge in [-0.1, -0.05) is 36.2 Å². The van der Waals surface area contributed by atoms with Gasteiger partial charge in [-0.05, 0) is 31.0 Å². The molecule has 90 valence electrons. The Kier molecular flexibility index (Phi) is 5.56. The van der Waals surface area contributed by atoms with Crippen molar-refractivity contribution in [2.45, 2.75) is 32.4 Å². The summed E-state index contributed by atoms with van der Waals surface area (Å²) in [6.45, 7) is 4.71. The Labute approximate surface area is 107 Å². The minimum Gasteiger partial charge on any atom is -0.387 e. The molecule has 0 bridgehead atoms. The van der Waals surface area contributed by atoms with E-state index >= 15 is 0 Å². The normalized spacial score (nSPS) is 14.8. The van der Waals surface area contributed by atoms with E-state index in [4.69, 9.17) is 23.2 Å². The molecule has 0 aliphatic rings. The second-order valence-electron chi connectivity index (χ2n) is 3.91. The molecule has 4 heteroatoms. The molecule has 0 radical (unpaired) electrons. The first kappa shape index (κ1) is 13.8. The molecule has 0 spiro atoms. The van der Waals surface area contributed by atoms with Gasteiger partial charge >= 0.3 is 0 Å². The van der Waals surface area contributed by atoms with Gasteiger partial charge in [-0.25, -0.2) is 0 Å². The third-order valence-electron chi connectivity index (χ3n) is 2.60. The van der Waals surface area contributed by atoms with Crippen molar-refractivity contribution in [3.63, 3.8) is 0 Å². The van der Waals surface area contributed by atoms with Gasteiger partial charge in [-0.15, -0.1) is 0 Å². The molecule has 1 aromatic rings. The fraction of sp³-hybridized carbons (Fsp3) is 0.500. The lowest BCUT2D eigenvalue weighted by Gasteiger charge is -2.16.